The number of hydrogen-bond acceptors (Lipinski definition) is 2. The van der Waals surface area contributed by atoms with Gasteiger partial charge in [-0.1, -0.05) is 0 Å². The van der Waals surface area contributed by atoms with Crippen LogP contribution < -0.4 is 0 Å². The molecule has 0 amide bonds. The molecule has 4 heteroatoms. The lowest BCUT2D eigenvalue weighted by atomic mass is 9.95. The van der Waals surface area contributed by atoms with Gasteiger partial charge in [0.2, 0.25) is 0 Å². The summed E-state index contributed by atoms with van der Waals surface area (Å²) in [4.78, 5) is 10.6. The number of carbonyl (C=O) groups is 1. The highest BCUT2D eigenvalue weighted by molar-refractivity contribution is 5.66. The Morgan fingerprint density at radius 3 is 2.79 bits per heavy atom. The Morgan fingerprint density at radius 1 is 1.57 bits per heavy atom. The van der Waals surface area contributed by atoms with Gasteiger partial charge in [0.1, 0.15) is 18.2 Å². The van der Waals surface area contributed by atoms with Crippen LogP contribution in [0.15, 0.2) is 0 Å². The van der Waals surface area contributed by atoms with E-state index < -0.39 is 5.97 Å². The zero-order valence-electron chi connectivity index (χ0n) is 8.15. The Bertz CT molecular complexity index is 306. The summed E-state index contributed by atoms with van der Waals surface area (Å²) in [6.07, 6.45) is 2.43. The minimum absolute atomic E-state index is 0.161. The second kappa shape index (κ2) is 2.31. The van der Waals surface area contributed by atoms with E-state index in [0.29, 0.717) is 11.5 Å². The van der Waals surface area contributed by atoms with Crippen LogP contribution in [0.3, 0.4) is 0 Å². The maximum absolute atomic E-state index is 10.6. The topological polar surface area (TPSA) is 57.5 Å². The van der Waals surface area contributed by atoms with Crippen molar-refractivity contribution in [1.29, 1.82) is 0 Å². The normalized spacial score (nSPS) is 53.2. The third-order valence-electron chi connectivity index (χ3n) is 4.78. The smallest absolute Gasteiger partial charge is 0.309 e. The van der Waals surface area contributed by atoms with E-state index in [1.54, 1.807) is 0 Å². The van der Waals surface area contributed by atoms with Crippen LogP contribution >= 0.6 is 0 Å². The number of aliphatic hydroxyl groups is 1. The van der Waals surface area contributed by atoms with E-state index in [-0.39, 0.29) is 12.5 Å². The van der Waals surface area contributed by atoms with Crippen molar-refractivity contribution in [2.45, 2.75) is 30.9 Å². The first kappa shape index (κ1) is 8.68. The summed E-state index contributed by atoms with van der Waals surface area (Å²) in [7, 11) is 0. The summed E-state index contributed by atoms with van der Waals surface area (Å²) in [6.45, 7) is 2.61. The minimum atomic E-state index is -0.710. The lowest BCUT2D eigenvalue weighted by molar-refractivity contribution is -0.993. The third kappa shape index (κ3) is 0.792. The number of piperidine rings is 1. The molecule has 14 heavy (non-hydrogen) atoms. The van der Waals surface area contributed by atoms with Crippen molar-refractivity contribution in [3.8, 4) is 0 Å². The fourth-order valence-corrected chi connectivity index (χ4v) is 3.86. The molecule has 2 aliphatic heterocycles. The number of carboxylic acids is 1. The Hall–Kier alpha value is -0.610. The number of quaternary nitrogens is 1. The van der Waals surface area contributed by atoms with Gasteiger partial charge in [-0.15, -0.1) is 0 Å². The summed E-state index contributed by atoms with van der Waals surface area (Å²) in [5, 5.41) is 18.5. The highest BCUT2D eigenvalue weighted by Crippen LogP contribution is 2.67. The maximum Gasteiger partial charge on any atom is 0.309 e. The van der Waals surface area contributed by atoms with Gasteiger partial charge in [-0.25, -0.2) is 0 Å². The van der Waals surface area contributed by atoms with Gasteiger partial charge >= 0.3 is 5.97 Å². The van der Waals surface area contributed by atoms with E-state index in [2.05, 4.69) is 0 Å². The molecule has 1 spiro atoms. The summed E-state index contributed by atoms with van der Waals surface area (Å²) in [5.74, 6) is -0.219. The van der Waals surface area contributed by atoms with Gasteiger partial charge in [-0.2, -0.15) is 0 Å². The molecule has 0 radical (unpaired) electrons. The lowest BCUT2D eigenvalue weighted by Gasteiger charge is -2.51. The maximum atomic E-state index is 10.6. The molecule has 2 heterocycles. The molecule has 4 nitrogen and oxygen atoms in total. The molecule has 2 saturated heterocycles. The van der Waals surface area contributed by atoms with Crippen LogP contribution in [0, 0.1) is 5.92 Å². The van der Waals surface area contributed by atoms with E-state index in [9.17, 15) is 9.90 Å². The Morgan fingerprint density at radius 2 is 2.36 bits per heavy atom. The minimum Gasteiger partial charge on any atom is -0.481 e. The molecule has 3 aliphatic rings. The zero-order chi connectivity index (χ0) is 9.97. The van der Waals surface area contributed by atoms with Crippen molar-refractivity contribution in [2.75, 3.05) is 19.6 Å². The van der Waals surface area contributed by atoms with Crippen LogP contribution in [0.25, 0.3) is 0 Å². The quantitative estimate of drug-likeness (QED) is 0.618. The molecular weight excluding hydrogens is 182 g/mol. The van der Waals surface area contributed by atoms with Crippen molar-refractivity contribution < 1.29 is 19.5 Å². The summed E-state index contributed by atoms with van der Waals surface area (Å²) < 4.78 is 0.908. The Balaban J connectivity index is 1.75. The largest absolute Gasteiger partial charge is 0.481 e. The number of nitrogens with zero attached hydrogens (tertiary/aromatic N) is 1. The molecule has 1 aliphatic carbocycles. The molecule has 4 atom stereocenters. The molecule has 4 unspecified atom stereocenters. The van der Waals surface area contributed by atoms with Crippen molar-refractivity contribution in [3.05, 3.63) is 0 Å². The van der Waals surface area contributed by atoms with Crippen LogP contribution in [0.4, 0.5) is 0 Å². The van der Waals surface area contributed by atoms with Crippen molar-refractivity contribution in [2.24, 2.45) is 5.92 Å². The van der Waals surface area contributed by atoms with E-state index in [1.165, 1.54) is 6.42 Å². The molecule has 0 aromatic heterocycles. The van der Waals surface area contributed by atoms with Gasteiger partial charge in [0.25, 0.3) is 0 Å². The lowest BCUT2D eigenvalue weighted by Crippen LogP contribution is -2.66. The van der Waals surface area contributed by atoms with Crippen LogP contribution in [0.5, 0.6) is 0 Å². The summed E-state index contributed by atoms with van der Waals surface area (Å²) in [6, 6.07) is 0. The SMILES string of the molecule is O=C(O)CC[N+]12CCC13CC3C(O)C2. The molecule has 1 saturated carbocycles. The van der Waals surface area contributed by atoms with Crippen LogP contribution in [0.2, 0.25) is 0 Å². The van der Waals surface area contributed by atoms with Gasteiger partial charge in [0.15, 0.2) is 0 Å². The molecule has 0 aromatic carbocycles. The standard InChI is InChI=1S/C10H15NO3/c12-8-6-11(3-1-9(13)14)4-2-10(11)5-7(8)10/h7-8,12H,1-6H2/p+1. The molecule has 0 bridgehead atoms. The molecule has 0 aromatic rings. The van der Waals surface area contributed by atoms with Crippen molar-refractivity contribution in [1.82, 2.24) is 0 Å². The molecule has 3 fully saturated rings. The second-order valence-electron chi connectivity index (χ2n) is 5.15. The highest BCUT2D eigenvalue weighted by Gasteiger charge is 2.80. The monoisotopic (exact) mass is 198 g/mol. The van der Waals surface area contributed by atoms with E-state index in [1.807, 2.05) is 0 Å². The van der Waals surface area contributed by atoms with Crippen molar-refractivity contribution >= 4 is 5.97 Å². The van der Waals surface area contributed by atoms with Gasteiger partial charge in [-0.05, 0) is 0 Å². The molecular formula is C10H16NO3+. The number of aliphatic hydroxyl groups excluding tert-OH is 1. The van der Waals surface area contributed by atoms with Gasteiger partial charge in [0.05, 0.1) is 31.8 Å². The van der Waals surface area contributed by atoms with Gasteiger partial charge in [0, 0.05) is 6.42 Å². The van der Waals surface area contributed by atoms with Crippen molar-refractivity contribution in [3.63, 3.8) is 0 Å². The fraction of sp³-hybridized carbons (Fsp3) is 0.900. The fourth-order valence-electron chi connectivity index (χ4n) is 3.86. The highest BCUT2D eigenvalue weighted by atomic mass is 16.4. The van der Waals surface area contributed by atoms with E-state index in [4.69, 9.17) is 5.11 Å². The Labute approximate surface area is 82.7 Å². The zero-order valence-corrected chi connectivity index (χ0v) is 8.15. The van der Waals surface area contributed by atoms with Gasteiger partial charge in [-0.3, -0.25) is 4.79 Å². The number of aliphatic carboxylic acids is 1. The third-order valence-corrected chi connectivity index (χ3v) is 4.78. The van der Waals surface area contributed by atoms with Gasteiger partial charge < -0.3 is 14.7 Å². The first-order chi connectivity index (χ1) is 6.60. The summed E-state index contributed by atoms with van der Waals surface area (Å²) >= 11 is 0. The molecule has 2 N–H and O–H groups in total. The van der Waals surface area contributed by atoms with Crippen LogP contribution in [0.1, 0.15) is 19.3 Å². The molecule has 78 valence electrons. The second-order valence-corrected chi connectivity index (χ2v) is 5.15. The molecule has 3 rings (SSSR count). The number of carboxylic acid groups (broad SMARTS) is 1. The summed E-state index contributed by atoms with van der Waals surface area (Å²) in [5.41, 5.74) is 0.328. The van der Waals surface area contributed by atoms with E-state index in [0.717, 1.165) is 30.5 Å². The van der Waals surface area contributed by atoms with Crippen LogP contribution in [-0.2, 0) is 4.79 Å². The number of hydrogen-bond donors (Lipinski definition) is 2. The predicted octanol–water partition coefficient (Wildman–Crippen LogP) is -0.185. The van der Waals surface area contributed by atoms with E-state index >= 15 is 0 Å². The average Bonchev–Trinajstić information content (AvgIpc) is 2.83. The predicted molar refractivity (Wildman–Crippen MR) is 48.6 cm³/mol. The van der Waals surface area contributed by atoms with Crippen LogP contribution in [-0.4, -0.2) is 51.9 Å². The first-order valence-electron chi connectivity index (χ1n) is 5.36. The average molecular weight is 198 g/mol. The number of rotatable bonds is 3. The Kier molecular flexibility index (Phi) is 1.43. The first-order valence-corrected chi connectivity index (χ1v) is 5.36.